The SMILES string of the molecule is COC1C(C(=O)N(c2cc(Cl)cc(Cl)c2)[C@@H]2CCOC[C@H]2O)OC(CO)C(O)C1n1cc(-c2cc(F)c(F)c(F)c2)nn1. The van der Waals surface area contributed by atoms with Gasteiger partial charge < -0.3 is 34.4 Å². The number of aromatic nitrogens is 3. The molecule has 2 saturated heterocycles. The predicted octanol–water partition coefficient (Wildman–Crippen LogP) is 2.53. The van der Waals surface area contributed by atoms with Crippen molar-refractivity contribution < 1.29 is 47.5 Å². The monoisotopic (exact) mass is 646 g/mol. The molecule has 232 valence electrons. The third-order valence-corrected chi connectivity index (χ3v) is 7.90. The molecule has 1 aromatic heterocycles. The zero-order valence-electron chi connectivity index (χ0n) is 22.5. The molecule has 0 spiro atoms. The van der Waals surface area contributed by atoms with E-state index in [1.54, 1.807) is 0 Å². The Hall–Kier alpha value is -2.82. The predicted molar refractivity (Wildman–Crippen MR) is 146 cm³/mol. The summed E-state index contributed by atoms with van der Waals surface area (Å²) in [6.45, 7) is -0.516. The molecule has 2 fully saturated rings. The van der Waals surface area contributed by atoms with Crippen LogP contribution >= 0.6 is 23.2 Å². The Balaban J connectivity index is 1.55. The van der Waals surface area contributed by atoms with Crippen molar-refractivity contribution in [2.45, 2.75) is 49.0 Å². The van der Waals surface area contributed by atoms with Crippen LogP contribution in [0.15, 0.2) is 36.5 Å². The van der Waals surface area contributed by atoms with E-state index in [2.05, 4.69) is 10.3 Å². The third-order valence-electron chi connectivity index (χ3n) is 7.46. The minimum atomic E-state index is -1.65. The van der Waals surface area contributed by atoms with E-state index in [0.717, 1.165) is 16.8 Å². The molecule has 2 aliphatic rings. The summed E-state index contributed by atoms with van der Waals surface area (Å²) in [5.74, 6) is -5.24. The van der Waals surface area contributed by atoms with Gasteiger partial charge in [-0.1, -0.05) is 28.4 Å². The van der Waals surface area contributed by atoms with Crippen LogP contribution < -0.4 is 4.90 Å². The Labute approximate surface area is 253 Å². The average molecular weight is 647 g/mol. The average Bonchev–Trinajstić information content (AvgIpc) is 3.45. The second kappa shape index (κ2) is 13.0. The molecule has 3 heterocycles. The topological polar surface area (TPSA) is 139 Å². The lowest BCUT2D eigenvalue weighted by atomic mass is 9.90. The highest BCUT2D eigenvalue weighted by Gasteiger charge is 2.52. The van der Waals surface area contributed by atoms with E-state index in [0.29, 0.717) is 0 Å². The zero-order chi connectivity index (χ0) is 31.0. The number of anilines is 1. The fourth-order valence-corrected chi connectivity index (χ4v) is 5.94. The lowest BCUT2D eigenvalue weighted by Gasteiger charge is -2.46. The number of rotatable bonds is 7. The van der Waals surface area contributed by atoms with Crippen LogP contribution in [0, 0.1) is 17.5 Å². The van der Waals surface area contributed by atoms with E-state index in [1.165, 1.54) is 36.4 Å². The van der Waals surface area contributed by atoms with Gasteiger partial charge in [-0.15, -0.1) is 5.10 Å². The molecule has 5 rings (SSSR count). The molecule has 2 aromatic carbocycles. The van der Waals surface area contributed by atoms with Gasteiger partial charge in [0.2, 0.25) is 0 Å². The lowest BCUT2D eigenvalue weighted by molar-refractivity contribution is -0.211. The number of halogens is 5. The van der Waals surface area contributed by atoms with Gasteiger partial charge in [-0.25, -0.2) is 17.9 Å². The summed E-state index contributed by atoms with van der Waals surface area (Å²) >= 11 is 12.5. The lowest BCUT2D eigenvalue weighted by Crippen LogP contribution is -2.63. The Kier molecular flexibility index (Phi) is 9.58. The smallest absolute Gasteiger partial charge is 0.259 e. The van der Waals surface area contributed by atoms with E-state index < -0.39 is 72.6 Å². The van der Waals surface area contributed by atoms with E-state index >= 15 is 0 Å². The molecule has 0 saturated carbocycles. The summed E-state index contributed by atoms with van der Waals surface area (Å²) in [5, 5.41) is 40.4. The number of methoxy groups -OCH3 is 1. The van der Waals surface area contributed by atoms with Gasteiger partial charge in [0, 0.05) is 35.0 Å². The molecule has 43 heavy (non-hydrogen) atoms. The van der Waals surface area contributed by atoms with E-state index in [-0.39, 0.29) is 46.6 Å². The maximum Gasteiger partial charge on any atom is 0.259 e. The summed E-state index contributed by atoms with van der Waals surface area (Å²) in [7, 11) is 1.26. The zero-order valence-corrected chi connectivity index (χ0v) is 24.0. The van der Waals surface area contributed by atoms with Crippen molar-refractivity contribution in [3.63, 3.8) is 0 Å². The molecule has 0 radical (unpaired) electrons. The molecule has 1 amide bonds. The van der Waals surface area contributed by atoms with Crippen molar-refractivity contribution in [1.82, 2.24) is 15.0 Å². The van der Waals surface area contributed by atoms with Gasteiger partial charge in [-0.3, -0.25) is 4.79 Å². The Morgan fingerprint density at radius 3 is 2.42 bits per heavy atom. The Morgan fingerprint density at radius 2 is 1.81 bits per heavy atom. The van der Waals surface area contributed by atoms with Crippen molar-refractivity contribution in [3.05, 3.63) is 64.0 Å². The van der Waals surface area contributed by atoms with Crippen LogP contribution in [-0.4, -0.2) is 99.7 Å². The molecule has 0 aliphatic carbocycles. The molecule has 16 heteroatoms. The van der Waals surface area contributed by atoms with Crippen LogP contribution in [-0.2, 0) is 19.0 Å². The highest BCUT2D eigenvalue weighted by atomic mass is 35.5. The van der Waals surface area contributed by atoms with Gasteiger partial charge in [0.05, 0.1) is 31.6 Å². The minimum absolute atomic E-state index is 0.0467. The van der Waals surface area contributed by atoms with Gasteiger partial charge >= 0.3 is 0 Å². The van der Waals surface area contributed by atoms with Crippen LogP contribution in [0.4, 0.5) is 18.9 Å². The van der Waals surface area contributed by atoms with Crippen LogP contribution in [0.5, 0.6) is 0 Å². The fraction of sp³-hybridized carbons (Fsp3) is 0.444. The quantitative estimate of drug-likeness (QED) is 0.331. The first-order valence-corrected chi connectivity index (χ1v) is 13.9. The number of benzene rings is 2. The maximum absolute atomic E-state index is 14.4. The maximum atomic E-state index is 14.4. The van der Waals surface area contributed by atoms with Crippen molar-refractivity contribution in [2.24, 2.45) is 0 Å². The molecular formula is C27H27Cl2F3N4O7. The van der Waals surface area contributed by atoms with Crippen LogP contribution in [0.25, 0.3) is 11.3 Å². The number of carbonyl (C=O) groups is 1. The molecule has 5 unspecified atom stereocenters. The molecule has 0 bridgehead atoms. The van der Waals surface area contributed by atoms with Crippen LogP contribution in [0.1, 0.15) is 12.5 Å². The minimum Gasteiger partial charge on any atom is -0.394 e. The number of nitrogens with zero attached hydrogens (tertiary/aromatic N) is 4. The highest BCUT2D eigenvalue weighted by molar-refractivity contribution is 6.35. The molecule has 3 N–H and O–H groups in total. The second-order valence-corrected chi connectivity index (χ2v) is 11.0. The Morgan fingerprint density at radius 1 is 1.14 bits per heavy atom. The summed E-state index contributed by atoms with van der Waals surface area (Å²) in [6.07, 6.45) is -5.20. The molecule has 3 aromatic rings. The van der Waals surface area contributed by atoms with Gasteiger partial charge in [0.15, 0.2) is 23.6 Å². The number of carbonyl (C=O) groups excluding carboxylic acids is 1. The first kappa shape index (κ1) is 31.6. The molecule has 11 nitrogen and oxygen atoms in total. The van der Waals surface area contributed by atoms with Crippen molar-refractivity contribution in [1.29, 1.82) is 0 Å². The van der Waals surface area contributed by atoms with Crippen molar-refractivity contribution in [3.8, 4) is 11.3 Å². The fourth-order valence-electron chi connectivity index (χ4n) is 5.43. The van der Waals surface area contributed by atoms with Gasteiger partial charge in [-0.2, -0.15) is 0 Å². The standard InChI is InChI=1S/C27H27Cl2F3N4O7/c1-41-25-23(35-9-18(33-34-35)12-4-16(30)22(32)17(31)5-12)24(39)21(10-37)43-26(25)27(40)36(19-2-3-42-11-20(19)38)15-7-13(28)6-14(29)8-15/h4-9,19-21,23-26,37-39H,2-3,10-11H2,1H3/t19-,20-,21?,23?,24?,25?,26?/m1/s1. The third kappa shape index (κ3) is 6.24. The first-order chi connectivity index (χ1) is 20.5. The van der Waals surface area contributed by atoms with Gasteiger partial charge in [0.25, 0.3) is 5.91 Å². The summed E-state index contributed by atoms with van der Waals surface area (Å²) in [6, 6.07) is 3.90. The van der Waals surface area contributed by atoms with Crippen LogP contribution in [0.3, 0.4) is 0 Å². The number of ether oxygens (including phenoxy) is 3. The van der Waals surface area contributed by atoms with Gasteiger partial charge in [0.1, 0.15) is 30.0 Å². The number of aliphatic hydroxyl groups is 3. The Bertz CT molecular complexity index is 1440. The van der Waals surface area contributed by atoms with Crippen molar-refractivity contribution >= 4 is 34.8 Å². The van der Waals surface area contributed by atoms with E-state index in [9.17, 15) is 33.3 Å². The van der Waals surface area contributed by atoms with Crippen molar-refractivity contribution in [2.75, 3.05) is 31.8 Å². The highest BCUT2D eigenvalue weighted by Crippen LogP contribution is 2.37. The first-order valence-electron chi connectivity index (χ1n) is 13.1. The van der Waals surface area contributed by atoms with E-state index in [4.69, 9.17) is 37.4 Å². The summed E-state index contributed by atoms with van der Waals surface area (Å²) < 4.78 is 59.3. The number of hydrogen-bond donors (Lipinski definition) is 3. The largest absolute Gasteiger partial charge is 0.394 e. The van der Waals surface area contributed by atoms with Crippen LogP contribution in [0.2, 0.25) is 10.0 Å². The number of hydrogen-bond acceptors (Lipinski definition) is 9. The number of aliphatic hydroxyl groups excluding tert-OH is 3. The summed E-state index contributed by atoms with van der Waals surface area (Å²) in [5.41, 5.74) is 0.0378. The number of amides is 1. The second-order valence-electron chi connectivity index (χ2n) is 10.1. The van der Waals surface area contributed by atoms with E-state index in [1.807, 2.05) is 0 Å². The molecule has 2 aliphatic heterocycles. The summed E-state index contributed by atoms with van der Waals surface area (Å²) in [4.78, 5) is 15.6. The normalized spacial score (nSPS) is 27.7. The van der Waals surface area contributed by atoms with Gasteiger partial charge in [-0.05, 0) is 36.8 Å². The molecule has 7 atom stereocenters. The molecular weight excluding hydrogens is 620 g/mol.